The van der Waals surface area contributed by atoms with Crippen LogP contribution in [0.2, 0.25) is 0 Å². The number of rotatable bonds is 4. The minimum atomic E-state index is 0.600. The first-order chi connectivity index (χ1) is 6.81. The summed E-state index contributed by atoms with van der Waals surface area (Å²) in [4.78, 5) is 8.01. The summed E-state index contributed by atoms with van der Waals surface area (Å²) in [5.41, 5.74) is 0.761. The largest absolute Gasteiger partial charge is 0.491 e. The van der Waals surface area contributed by atoms with E-state index < -0.39 is 0 Å². The molecule has 4 heteroatoms. The lowest BCUT2D eigenvalue weighted by molar-refractivity contribution is 0.310. The predicted molar refractivity (Wildman–Crippen MR) is 55.5 cm³/mol. The van der Waals surface area contributed by atoms with Crippen molar-refractivity contribution < 1.29 is 9.47 Å². The molecule has 0 atom stereocenters. The first kappa shape index (κ1) is 10.5. The third-order valence-corrected chi connectivity index (χ3v) is 1.63. The quantitative estimate of drug-likeness (QED) is 0.683. The van der Waals surface area contributed by atoms with Gasteiger partial charge in [-0.1, -0.05) is 0 Å². The van der Waals surface area contributed by atoms with E-state index in [0.717, 1.165) is 5.69 Å². The number of aromatic nitrogens is 1. The number of pyridine rings is 1. The Labute approximate surface area is 83.6 Å². The Hall–Kier alpha value is -1.58. The van der Waals surface area contributed by atoms with Crippen LogP contribution in [0.1, 0.15) is 12.6 Å². The molecule has 76 valence electrons. The molecule has 0 fully saturated rings. The molecule has 0 radical (unpaired) electrons. The van der Waals surface area contributed by atoms with Crippen molar-refractivity contribution in [2.24, 2.45) is 4.99 Å². The third kappa shape index (κ3) is 2.45. The van der Waals surface area contributed by atoms with Crippen LogP contribution in [0.4, 0.5) is 0 Å². The maximum atomic E-state index is 5.39. The van der Waals surface area contributed by atoms with Gasteiger partial charge >= 0.3 is 0 Å². The lowest BCUT2D eigenvalue weighted by atomic mass is 10.3. The molecule has 1 heterocycles. The molecule has 14 heavy (non-hydrogen) atoms. The molecule has 0 saturated heterocycles. The summed E-state index contributed by atoms with van der Waals surface area (Å²) in [6, 6.07) is 1.80. The zero-order valence-corrected chi connectivity index (χ0v) is 8.65. The number of hydrogen-bond donors (Lipinski definition) is 0. The molecule has 0 amide bonds. The zero-order valence-electron chi connectivity index (χ0n) is 8.65. The average molecular weight is 194 g/mol. The molecule has 0 aliphatic carbocycles. The van der Waals surface area contributed by atoms with Gasteiger partial charge < -0.3 is 9.47 Å². The Bertz CT molecular complexity index is 324. The van der Waals surface area contributed by atoms with E-state index in [4.69, 9.17) is 9.47 Å². The van der Waals surface area contributed by atoms with Gasteiger partial charge in [-0.2, -0.15) is 0 Å². The van der Waals surface area contributed by atoms with E-state index in [9.17, 15) is 0 Å². The van der Waals surface area contributed by atoms with E-state index in [-0.39, 0.29) is 0 Å². The Morgan fingerprint density at radius 3 is 2.86 bits per heavy atom. The van der Waals surface area contributed by atoms with Crippen LogP contribution in [-0.4, -0.2) is 32.0 Å². The van der Waals surface area contributed by atoms with Gasteiger partial charge in [0.1, 0.15) is 0 Å². The molecule has 0 bridgehead atoms. The molecule has 0 unspecified atom stereocenters. The second-order valence-corrected chi connectivity index (χ2v) is 2.58. The molecule has 1 aromatic rings. The van der Waals surface area contributed by atoms with Crippen molar-refractivity contribution in [3.63, 3.8) is 0 Å². The Balaban J connectivity index is 3.00. The second-order valence-electron chi connectivity index (χ2n) is 2.58. The normalized spacial score (nSPS) is 10.5. The van der Waals surface area contributed by atoms with Crippen molar-refractivity contribution in [2.75, 3.05) is 20.8 Å². The van der Waals surface area contributed by atoms with Crippen molar-refractivity contribution in [2.45, 2.75) is 6.92 Å². The summed E-state index contributed by atoms with van der Waals surface area (Å²) >= 11 is 0. The molecule has 0 aliphatic heterocycles. The van der Waals surface area contributed by atoms with Crippen LogP contribution in [0.25, 0.3) is 0 Å². The number of aliphatic imine (C=N–C) groups is 1. The summed E-state index contributed by atoms with van der Waals surface area (Å²) in [7, 11) is 3.29. The van der Waals surface area contributed by atoms with Gasteiger partial charge in [-0.25, -0.2) is 0 Å². The lowest BCUT2D eigenvalue weighted by Crippen LogP contribution is -1.98. The van der Waals surface area contributed by atoms with E-state index in [2.05, 4.69) is 9.98 Å². The van der Waals surface area contributed by atoms with E-state index in [1.807, 2.05) is 6.92 Å². The standard InChI is InChI=1S/C10H14N2O2/c1-4-14-9-5-8(6-11-2)12-7-10(9)13-3/h5-7H,4H2,1-3H3/b11-6+. The molecular weight excluding hydrogens is 180 g/mol. The molecule has 0 N–H and O–H groups in total. The van der Waals surface area contributed by atoms with Crippen molar-refractivity contribution in [3.05, 3.63) is 18.0 Å². The van der Waals surface area contributed by atoms with Crippen LogP contribution >= 0.6 is 0 Å². The monoisotopic (exact) mass is 194 g/mol. The lowest BCUT2D eigenvalue weighted by Gasteiger charge is -2.08. The fraction of sp³-hybridized carbons (Fsp3) is 0.400. The molecule has 0 aliphatic rings. The van der Waals surface area contributed by atoms with Gasteiger partial charge in [-0.05, 0) is 6.92 Å². The van der Waals surface area contributed by atoms with Gasteiger partial charge in [-0.15, -0.1) is 0 Å². The summed E-state index contributed by atoms with van der Waals surface area (Å²) in [6.45, 7) is 2.52. The van der Waals surface area contributed by atoms with E-state index in [1.165, 1.54) is 0 Å². The van der Waals surface area contributed by atoms with Crippen LogP contribution in [0.15, 0.2) is 17.3 Å². The van der Waals surface area contributed by atoms with Crippen molar-refractivity contribution in [3.8, 4) is 11.5 Å². The van der Waals surface area contributed by atoms with Crippen molar-refractivity contribution in [1.29, 1.82) is 0 Å². The smallest absolute Gasteiger partial charge is 0.179 e. The van der Waals surface area contributed by atoms with Crippen LogP contribution in [-0.2, 0) is 0 Å². The minimum Gasteiger partial charge on any atom is -0.491 e. The molecule has 1 rings (SSSR count). The van der Waals surface area contributed by atoms with Crippen molar-refractivity contribution in [1.82, 2.24) is 4.98 Å². The van der Waals surface area contributed by atoms with Crippen LogP contribution in [0.3, 0.4) is 0 Å². The maximum Gasteiger partial charge on any atom is 0.179 e. The zero-order chi connectivity index (χ0) is 10.4. The number of nitrogens with zero attached hydrogens (tertiary/aromatic N) is 2. The van der Waals surface area contributed by atoms with Gasteiger partial charge in [0, 0.05) is 19.3 Å². The molecule has 4 nitrogen and oxygen atoms in total. The first-order valence-electron chi connectivity index (χ1n) is 4.40. The number of ether oxygens (including phenoxy) is 2. The Morgan fingerprint density at radius 2 is 2.29 bits per heavy atom. The fourth-order valence-corrected chi connectivity index (χ4v) is 1.06. The van der Waals surface area contributed by atoms with Crippen LogP contribution < -0.4 is 9.47 Å². The van der Waals surface area contributed by atoms with Crippen LogP contribution in [0.5, 0.6) is 11.5 Å². The molecular formula is C10H14N2O2. The van der Waals surface area contributed by atoms with Gasteiger partial charge in [0.05, 0.1) is 25.6 Å². The number of methoxy groups -OCH3 is 1. The van der Waals surface area contributed by atoms with Crippen molar-refractivity contribution >= 4 is 6.21 Å². The highest BCUT2D eigenvalue weighted by Crippen LogP contribution is 2.25. The Kier molecular flexibility index (Phi) is 3.91. The van der Waals surface area contributed by atoms with Crippen LogP contribution in [0, 0.1) is 0 Å². The minimum absolute atomic E-state index is 0.600. The second kappa shape index (κ2) is 5.21. The predicted octanol–water partition coefficient (Wildman–Crippen LogP) is 1.54. The summed E-state index contributed by atoms with van der Waals surface area (Å²) in [6.07, 6.45) is 3.30. The van der Waals surface area contributed by atoms with E-state index in [0.29, 0.717) is 18.1 Å². The average Bonchev–Trinajstić information content (AvgIpc) is 2.19. The van der Waals surface area contributed by atoms with Gasteiger partial charge in [0.2, 0.25) is 0 Å². The number of hydrogen-bond acceptors (Lipinski definition) is 4. The van der Waals surface area contributed by atoms with Gasteiger partial charge in [-0.3, -0.25) is 9.98 Å². The highest BCUT2D eigenvalue weighted by Gasteiger charge is 2.04. The fourth-order valence-electron chi connectivity index (χ4n) is 1.06. The van der Waals surface area contributed by atoms with E-state index in [1.54, 1.807) is 32.6 Å². The highest BCUT2D eigenvalue weighted by atomic mass is 16.5. The molecule has 0 saturated carbocycles. The highest BCUT2D eigenvalue weighted by molar-refractivity contribution is 5.77. The molecule has 0 aromatic carbocycles. The van der Waals surface area contributed by atoms with Gasteiger partial charge in [0.25, 0.3) is 0 Å². The topological polar surface area (TPSA) is 43.7 Å². The van der Waals surface area contributed by atoms with Gasteiger partial charge in [0.15, 0.2) is 11.5 Å². The third-order valence-electron chi connectivity index (χ3n) is 1.63. The summed E-state index contributed by atoms with van der Waals surface area (Å²) in [5.74, 6) is 1.33. The molecule has 1 aromatic heterocycles. The maximum absolute atomic E-state index is 5.39. The summed E-state index contributed by atoms with van der Waals surface area (Å²) in [5, 5.41) is 0. The van der Waals surface area contributed by atoms with E-state index >= 15 is 0 Å². The first-order valence-corrected chi connectivity index (χ1v) is 4.40. The SMILES string of the molecule is CCOc1cc(/C=N/C)ncc1OC. The Morgan fingerprint density at radius 1 is 1.50 bits per heavy atom. The molecule has 0 spiro atoms. The summed E-state index contributed by atoms with van der Waals surface area (Å²) < 4.78 is 10.5.